The van der Waals surface area contributed by atoms with Gasteiger partial charge in [0.15, 0.2) is 0 Å². The van der Waals surface area contributed by atoms with Crippen molar-refractivity contribution in [2.75, 3.05) is 6.61 Å². The van der Waals surface area contributed by atoms with Gasteiger partial charge in [0.05, 0.1) is 0 Å². The van der Waals surface area contributed by atoms with Gasteiger partial charge in [0, 0.05) is 6.61 Å². The first-order valence-corrected chi connectivity index (χ1v) is 4.36. The number of rotatable bonds is 1. The summed E-state index contributed by atoms with van der Waals surface area (Å²) in [5, 5.41) is 8.97. The van der Waals surface area contributed by atoms with Crippen LogP contribution in [0.1, 0.15) is 25.7 Å². The van der Waals surface area contributed by atoms with E-state index in [9.17, 15) is 0 Å². The lowest BCUT2D eigenvalue weighted by Crippen LogP contribution is -2.00. The lowest BCUT2D eigenvalue weighted by Gasteiger charge is -2.06. The first kappa shape index (κ1) is 7.11. The number of hydrogen-bond donors (Lipinski definition) is 1. The molecule has 0 bridgehead atoms. The molecule has 2 aliphatic rings. The molecule has 1 heteroatoms. The van der Waals surface area contributed by atoms with Crippen LogP contribution in [0.4, 0.5) is 0 Å². The summed E-state index contributed by atoms with van der Waals surface area (Å²) in [6, 6.07) is 0. The minimum absolute atomic E-state index is 0.368. The molecule has 0 heterocycles. The van der Waals surface area contributed by atoms with Crippen LogP contribution in [0.3, 0.4) is 0 Å². The molecule has 0 fully saturated rings. The fourth-order valence-corrected chi connectivity index (χ4v) is 2.09. The van der Waals surface area contributed by atoms with Crippen LogP contribution < -0.4 is 0 Å². The Morgan fingerprint density at radius 1 is 1.18 bits per heavy atom. The third-order valence-corrected chi connectivity index (χ3v) is 2.72. The summed E-state index contributed by atoms with van der Waals surface area (Å²) in [5.41, 5.74) is 3.21. The molecular weight excluding hydrogens is 136 g/mol. The van der Waals surface area contributed by atoms with Gasteiger partial charge in [0.2, 0.25) is 0 Å². The summed E-state index contributed by atoms with van der Waals surface area (Å²) >= 11 is 0. The predicted octanol–water partition coefficient (Wildman–Crippen LogP) is 2.04. The smallest absolute Gasteiger partial charge is 0.0465 e. The van der Waals surface area contributed by atoms with E-state index in [0.717, 1.165) is 25.7 Å². The zero-order chi connectivity index (χ0) is 7.68. The molecule has 0 spiro atoms. The van der Waals surface area contributed by atoms with E-state index in [1.807, 2.05) is 0 Å². The minimum Gasteiger partial charge on any atom is -0.396 e. The maximum Gasteiger partial charge on any atom is 0.0465 e. The molecule has 0 aliphatic heterocycles. The van der Waals surface area contributed by atoms with Gasteiger partial charge in [-0.3, -0.25) is 0 Å². The normalized spacial score (nSPS) is 24.5. The largest absolute Gasteiger partial charge is 0.396 e. The highest BCUT2D eigenvalue weighted by molar-refractivity contribution is 5.28. The van der Waals surface area contributed by atoms with Crippen LogP contribution in [0.5, 0.6) is 0 Å². The minimum atomic E-state index is 0.368. The van der Waals surface area contributed by atoms with E-state index in [1.54, 1.807) is 11.1 Å². The van der Waals surface area contributed by atoms with Gasteiger partial charge in [0.1, 0.15) is 0 Å². The van der Waals surface area contributed by atoms with Gasteiger partial charge in [-0.1, -0.05) is 23.3 Å². The van der Waals surface area contributed by atoms with E-state index in [1.165, 1.54) is 0 Å². The molecule has 0 aromatic carbocycles. The molecule has 0 saturated heterocycles. The van der Waals surface area contributed by atoms with Crippen LogP contribution in [0, 0.1) is 5.92 Å². The van der Waals surface area contributed by atoms with Gasteiger partial charge in [-0.15, -0.1) is 0 Å². The molecule has 2 aliphatic carbocycles. The Labute approximate surface area is 67.4 Å². The quantitative estimate of drug-likeness (QED) is 0.567. The number of hydrogen-bond acceptors (Lipinski definition) is 1. The Hall–Kier alpha value is -0.560. The summed E-state index contributed by atoms with van der Waals surface area (Å²) < 4.78 is 0. The number of aliphatic hydroxyl groups is 1. The van der Waals surface area contributed by atoms with Crippen molar-refractivity contribution in [1.82, 2.24) is 0 Å². The highest BCUT2D eigenvalue weighted by atomic mass is 16.3. The molecule has 0 aromatic rings. The van der Waals surface area contributed by atoms with Crippen molar-refractivity contribution in [1.29, 1.82) is 0 Å². The molecule has 2 rings (SSSR count). The molecule has 0 atom stereocenters. The molecule has 11 heavy (non-hydrogen) atoms. The molecule has 0 amide bonds. The van der Waals surface area contributed by atoms with Crippen molar-refractivity contribution >= 4 is 0 Å². The molecular formula is C10H14O. The maximum atomic E-state index is 8.97. The SMILES string of the molecule is OCC1CC2=C(CC=CC2)C1. The van der Waals surface area contributed by atoms with Crippen molar-refractivity contribution in [3.05, 3.63) is 23.3 Å². The van der Waals surface area contributed by atoms with Gasteiger partial charge in [-0.2, -0.15) is 0 Å². The Morgan fingerprint density at radius 3 is 2.18 bits per heavy atom. The van der Waals surface area contributed by atoms with Crippen LogP contribution in [-0.4, -0.2) is 11.7 Å². The zero-order valence-electron chi connectivity index (χ0n) is 6.71. The average molecular weight is 150 g/mol. The van der Waals surface area contributed by atoms with Crippen LogP contribution in [0.15, 0.2) is 23.3 Å². The second-order valence-corrected chi connectivity index (χ2v) is 3.54. The topological polar surface area (TPSA) is 20.2 Å². The predicted molar refractivity (Wildman–Crippen MR) is 45.2 cm³/mol. The van der Waals surface area contributed by atoms with Crippen molar-refractivity contribution in [3.63, 3.8) is 0 Å². The first-order chi connectivity index (χ1) is 5.40. The maximum absolute atomic E-state index is 8.97. The Balaban J connectivity index is 2.05. The van der Waals surface area contributed by atoms with Crippen LogP contribution in [-0.2, 0) is 0 Å². The van der Waals surface area contributed by atoms with Gasteiger partial charge >= 0.3 is 0 Å². The van der Waals surface area contributed by atoms with Gasteiger partial charge in [-0.05, 0) is 31.6 Å². The fourth-order valence-electron chi connectivity index (χ4n) is 2.09. The molecule has 1 N–H and O–H groups in total. The summed E-state index contributed by atoms with van der Waals surface area (Å²) in [5.74, 6) is 0.542. The number of allylic oxidation sites excluding steroid dienone is 4. The Kier molecular flexibility index (Phi) is 1.82. The summed E-state index contributed by atoms with van der Waals surface area (Å²) in [6.07, 6.45) is 9.08. The second-order valence-electron chi connectivity index (χ2n) is 3.54. The molecule has 0 aromatic heterocycles. The van der Waals surface area contributed by atoms with Gasteiger partial charge in [-0.25, -0.2) is 0 Å². The zero-order valence-corrected chi connectivity index (χ0v) is 6.71. The summed E-state index contributed by atoms with van der Waals surface area (Å²) in [7, 11) is 0. The van der Waals surface area contributed by atoms with Crippen LogP contribution in [0.25, 0.3) is 0 Å². The van der Waals surface area contributed by atoms with Crippen molar-refractivity contribution in [2.45, 2.75) is 25.7 Å². The van der Waals surface area contributed by atoms with Gasteiger partial charge < -0.3 is 5.11 Å². The molecule has 0 saturated carbocycles. The standard InChI is InChI=1S/C10H14O/c11-7-8-5-9-3-1-2-4-10(9)6-8/h1-2,8,11H,3-7H2. The van der Waals surface area contributed by atoms with Crippen molar-refractivity contribution < 1.29 is 5.11 Å². The third-order valence-electron chi connectivity index (χ3n) is 2.72. The van der Waals surface area contributed by atoms with E-state index in [-0.39, 0.29) is 0 Å². The first-order valence-electron chi connectivity index (χ1n) is 4.36. The van der Waals surface area contributed by atoms with E-state index >= 15 is 0 Å². The van der Waals surface area contributed by atoms with Gasteiger partial charge in [0.25, 0.3) is 0 Å². The van der Waals surface area contributed by atoms with Crippen molar-refractivity contribution in [3.8, 4) is 0 Å². The second kappa shape index (κ2) is 2.82. The monoisotopic (exact) mass is 150 g/mol. The highest BCUT2D eigenvalue weighted by Crippen LogP contribution is 2.37. The lowest BCUT2D eigenvalue weighted by atomic mass is 10.0. The highest BCUT2D eigenvalue weighted by Gasteiger charge is 2.22. The van der Waals surface area contributed by atoms with E-state index in [4.69, 9.17) is 5.11 Å². The summed E-state index contributed by atoms with van der Waals surface area (Å²) in [4.78, 5) is 0. The lowest BCUT2D eigenvalue weighted by molar-refractivity contribution is 0.231. The molecule has 1 nitrogen and oxygen atoms in total. The molecule has 60 valence electrons. The van der Waals surface area contributed by atoms with Crippen LogP contribution >= 0.6 is 0 Å². The Bertz CT molecular complexity index is 193. The fraction of sp³-hybridized carbons (Fsp3) is 0.600. The van der Waals surface area contributed by atoms with Crippen molar-refractivity contribution in [2.24, 2.45) is 5.92 Å². The molecule has 0 unspecified atom stereocenters. The Morgan fingerprint density at radius 2 is 1.73 bits per heavy atom. The van der Waals surface area contributed by atoms with E-state index < -0.39 is 0 Å². The van der Waals surface area contributed by atoms with E-state index in [0.29, 0.717) is 12.5 Å². The molecule has 0 radical (unpaired) electrons. The number of aliphatic hydroxyl groups excluding tert-OH is 1. The average Bonchev–Trinajstić information content (AvgIpc) is 2.46. The van der Waals surface area contributed by atoms with Crippen LogP contribution in [0.2, 0.25) is 0 Å². The summed E-state index contributed by atoms with van der Waals surface area (Å²) in [6.45, 7) is 0.368. The third kappa shape index (κ3) is 1.25. The van der Waals surface area contributed by atoms with E-state index in [2.05, 4.69) is 12.2 Å².